The molecule has 3 aromatic rings. The molecule has 1 aliphatic heterocycles. The van der Waals surface area contributed by atoms with E-state index in [-0.39, 0.29) is 23.1 Å². The summed E-state index contributed by atoms with van der Waals surface area (Å²) in [6.45, 7) is 0.880. The average molecular weight is 444 g/mol. The lowest BCUT2D eigenvalue weighted by atomic mass is 10.2. The number of rotatable bonds is 7. The number of hydrogen-bond acceptors (Lipinski definition) is 6. The monoisotopic (exact) mass is 443 g/mol. The van der Waals surface area contributed by atoms with Gasteiger partial charge < -0.3 is 4.74 Å². The summed E-state index contributed by atoms with van der Waals surface area (Å²) in [6.07, 6.45) is 1.67. The van der Waals surface area contributed by atoms with Gasteiger partial charge in [-0.2, -0.15) is 0 Å². The number of benzene rings is 2. The highest BCUT2D eigenvalue weighted by Crippen LogP contribution is 2.25. The van der Waals surface area contributed by atoms with Crippen molar-refractivity contribution in [2.75, 3.05) is 18.5 Å². The van der Waals surface area contributed by atoms with Gasteiger partial charge >= 0.3 is 0 Å². The minimum atomic E-state index is -3.73. The van der Waals surface area contributed by atoms with Crippen LogP contribution in [-0.2, 0) is 14.8 Å². The molecular formula is C21H21N3O4S2. The molecule has 7 nitrogen and oxygen atoms in total. The maximum atomic E-state index is 12.6. The Balaban J connectivity index is 1.44. The van der Waals surface area contributed by atoms with Crippen molar-refractivity contribution in [2.45, 2.75) is 23.8 Å². The molecule has 156 valence electrons. The maximum absolute atomic E-state index is 12.6. The molecule has 0 radical (unpaired) electrons. The molecule has 1 atom stereocenters. The van der Waals surface area contributed by atoms with Crippen molar-refractivity contribution in [3.05, 3.63) is 65.5 Å². The number of nitrogens with one attached hydrogen (secondary N) is 2. The van der Waals surface area contributed by atoms with E-state index in [4.69, 9.17) is 4.74 Å². The molecule has 1 aliphatic rings. The van der Waals surface area contributed by atoms with Crippen LogP contribution in [0.2, 0.25) is 0 Å². The summed E-state index contributed by atoms with van der Waals surface area (Å²) in [5.41, 5.74) is 1.97. The number of carbonyl (C=O) groups is 1. The van der Waals surface area contributed by atoms with Crippen LogP contribution in [0.5, 0.6) is 0 Å². The zero-order chi connectivity index (χ0) is 21.0. The number of anilines is 1. The van der Waals surface area contributed by atoms with Crippen LogP contribution in [0.15, 0.2) is 64.9 Å². The van der Waals surface area contributed by atoms with Crippen LogP contribution in [0.25, 0.3) is 11.3 Å². The topological polar surface area (TPSA) is 97.4 Å². The quantitative estimate of drug-likeness (QED) is 0.582. The SMILES string of the molecule is O=C(Nc1nc(-c2ccccc2)cs1)c1cccc(S(=O)(=O)NC[C@H]2CCCO2)c1. The van der Waals surface area contributed by atoms with Crippen LogP contribution in [0, 0.1) is 0 Å². The van der Waals surface area contributed by atoms with Gasteiger partial charge in [0.1, 0.15) is 0 Å². The van der Waals surface area contributed by atoms with Crippen molar-refractivity contribution < 1.29 is 17.9 Å². The Morgan fingerprint density at radius 2 is 2.00 bits per heavy atom. The van der Waals surface area contributed by atoms with Gasteiger partial charge in [-0.15, -0.1) is 11.3 Å². The minimum Gasteiger partial charge on any atom is -0.377 e. The van der Waals surface area contributed by atoms with Gasteiger partial charge in [0.15, 0.2) is 5.13 Å². The maximum Gasteiger partial charge on any atom is 0.257 e. The molecule has 30 heavy (non-hydrogen) atoms. The van der Waals surface area contributed by atoms with Crippen LogP contribution >= 0.6 is 11.3 Å². The number of hydrogen-bond donors (Lipinski definition) is 2. The number of sulfonamides is 1. The third-order valence-corrected chi connectivity index (χ3v) is 6.90. The van der Waals surface area contributed by atoms with Crippen molar-refractivity contribution in [1.82, 2.24) is 9.71 Å². The second-order valence-electron chi connectivity index (χ2n) is 6.87. The first-order valence-electron chi connectivity index (χ1n) is 9.55. The fourth-order valence-corrected chi connectivity index (χ4v) is 4.96. The lowest BCUT2D eigenvalue weighted by molar-refractivity contribution is 0.102. The van der Waals surface area contributed by atoms with Gasteiger partial charge in [-0.05, 0) is 31.0 Å². The smallest absolute Gasteiger partial charge is 0.257 e. The molecule has 2 N–H and O–H groups in total. The van der Waals surface area contributed by atoms with E-state index in [2.05, 4.69) is 15.0 Å². The van der Waals surface area contributed by atoms with Crippen molar-refractivity contribution in [3.8, 4) is 11.3 Å². The normalized spacial score (nSPS) is 16.5. The largest absolute Gasteiger partial charge is 0.377 e. The third-order valence-electron chi connectivity index (χ3n) is 4.73. The van der Waals surface area contributed by atoms with Crippen molar-refractivity contribution >= 4 is 32.4 Å². The lowest BCUT2D eigenvalue weighted by Gasteiger charge is -2.12. The van der Waals surface area contributed by atoms with E-state index in [0.29, 0.717) is 11.7 Å². The fraction of sp³-hybridized carbons (Fsp3) is 0.238. The van der Waals surface area contributed by atoms with Gasteiger partial charge in [0.2, 0.25) is 10.0 Å². The van der Waals surface area contributed by atoms with Crippen molar-refractivity contribution in [1.29, 1.82) is 0 Å². The minimum absolute atomic E-state index is 0.0391. The summed E-state index contributed by atoms with van der Waals surface area (Å²) in [5.74, 6) is -0.417. The zero-order valence-electron chi connectivity index (χ0n) is 16.1. The predicted molar refractivity (Wildman–Crippen MR) is 116 cm³/mol. The van der Waals surface area contributed by atoms with Gasteiger partial charge in [0.05, 0.1) is 16.7 Å². The molecule has 4 rings (SSSR count). The summed E-state index contributed by atoms with van der Waals surface area (Å²) >= 11 is 1.31. The molecule has 2 aromatic carbocycles. The first-order valence-corrected chi connectivity index (χ1v) is 11.9. The Bertz CT molecular complexity index is 1120. The van der Waals surface area contributed by atoms with E-state index < -0.39 is 15.9 Å². The van der Waals surface area contributed by atoms with Gasteiger partial charge in [0, 0.05) is 29.7 Å². The predicted octanol–water partition coefficient (Wildman–Crippen LogP) is 3.52. The van der Waals surface area contributed by atoms with Gasteiger partial charge in [-0.3, -0.25) is 10.1 Å². The number of nitrogens with zero attached hydrogens (tertiary/aromatic N) is 1. The number of ether oxygens (including phenoxy) is 1. The average Bonchev–Trinajstić information content (AvgIpc) is 3.45. The van der Waals surface area contributed by atoms with Gasteiger partial charge in [-0.25, -0.2) is 18.1 Å². The highest BCUT2D eigenvalue weighted by molar-refractivity contribution is 7.89. The first kappa shape index (κ1) is 20.7. The zero-order valence-corrected chi connectivity index (χ0v) is 17.7. The van der Waals surface area contributed by atoms with E-state index in [1.165, 1.54) is 23.5 Å². The molecule has 0 bridgehead atoms. The van der Waals surface area contributed by atoms with Crippen LogP contribution in [-0.4, -0.2) is 38.6 Å². The molecule has 1 saturated heterocycles. The lowest BCUT2D eigenvalue weighted by Crippen LogP contribution is -2.32. The molecule has 0 saturated carbocycles. The second kappa shape index (κ2) is 9.05. The molecule has 0 unspecified atom stereocenters. The standard InChI is InChI=1S/C21H21N3O4S2/c25-20(24-21-23-19(14-29-21)15-6-2-1-3-7-15)16-8-4-10-18(12-16)30(26,27)22-13-17-9-5-11-28-17/h1-4,6-8,10,12,14,17,22H,5,9,11,13H2,(H,23,24,25)/t17-/m1/s1. The number of amides is 1. The summed E-state index contributed by atoms with van der Waals surface area (Å²) in [7, 11) is -3.73. The highest BCUT2D eigenvalue weighted by Gasteiger charge is 2.21. The van der Waals surface area contributed by atoms with Crippen molar-refractivity contribution in [2.24, 2.45) is 0 Å². The first-order chi connectivity index (χ1) is 14.5. The Morgan fingerprint density at radius 1 is 1.17 bits per heavy atom. The Hall–Kier alpha value is -2.59. The third kappa shape index (κ3) is 4.93. The molecule has 1 amide bonds. The van der Waals surface area contributed by atoms with Crippen LogP contribution < -0.4 is 10.0 Å². The van der Waals surface area contributed by atoms with Crippen molar-refractivity contribution in [3.63, 3.8) is 0 Å². The Labute approximate surface area is 179 Å². The molecular weight excluding hydrogens is 422 g/mol. The van der Waals surface area contributed by atoms with Crippen LogP contribution in [0.4, 0.5) is 5.13 Å². The Kier molecular flexibility index (Phi) is 6.24. The fourth-order valence-electron chi connectivity index (χ4n) is 3.14. The van der Waals surface area contributed by atoms with E-state index in [0.717, 1.165) is 24.1 Å². The Morgan fingerprint density at radius 3 is 2.77 bits per heavy atom. The van der Waals surface area contributed by atoms with E-state index in [1.807, 2.05) is 35.7 Å². The molecule has 1 aromatic heterocycles. The summed E-state index contributed by atoms with van der Waals surface area (Å²) in [5, 5.41) is 5.05. The van der Waals surface area contributed by atoms with Gasteiger partial charge in [0.25, 0.3) is 5.91 Å². The second-order valence-corrected chi connectivity index (χ2v) is 9.50. The number of thiazole rings is 1. The van der Waals surface area contributed by atoms with E-state index >= 15 is 0 Å². The molecule has 2 heterocycles. The molecule has 0 spiro atoms. The summed E-state index contributed by atoms with van der Waals surface area (Å²) in [6, 6.07) is 15.6. The molecule has 9 heteroatoms. The van der Waals surface area contributed by atoms with Gasteiger partial charge in [-0.1, -0.05) is 36.4 Å². The van der Waals surface area contributed by atoms with Crippen LogP contribution in [0.3, 0.4) is 0 Å². The number of carbonyl (C=O) groups excluding carboxylic acids is 1. The summed E-state index contributed by atoms with van der Waals surface area (Å²) in [4.78, 5) is 17.1. The highest BCUT2D eigenvalue weighted by atomic mass is 32.2. The van der Waals surface area contributed by atoms with E-state index in [1.54, 1.807) is 12.1 Å². The number of aromatic nitrogens is 1. The van der Waals surface area contributed by atoms with Crippen LogP contribution in [0.1, 0.15) is 23.2 Å². The summed E-state index contributed by atoms with van der Waals surface area (Å²) < 4.78 is 33.2. The molecule has 0 aliphatic carbocycles. The molecule has 1 fully saturated rings. The van der Waals surface area contributed by atoms with E-state index in [9.17, 15) is 13.2 Å².